The highest BCUT2D eigenvalue weighted by Gasteiger charge is 2.48. The molecule has 14 heteroatoms. The van der Waals surface area contributed by atoms with Crippen LogP contribution in [0.4, 0.5) is 34.6 Å². The maximum Gasteiger partial charge on any atom is 0.251 e. The van der Waals surface area contributed by atoms with Crippen molar-refractivity contribution >= 4 is 52.7 Å². The number of allylic oxidation sites excluding steroid dienone is 1. The highest BCUT2D eigenvalue weighted by molar-refractivity contribution is 6.34. The van der Waals surface area contributed by atoms with Crippen molar-refractivity contribution in [1.82, 2.24) is 20.9 Å². The Bertz CT molecular complexity index is 1830. The number of piperidine rings is 1. The monoisotopic (exact) mass is 712 g/mol. The van der Waals surface area contributed by atoms with Crippen molar-refractivity contribution in [1.29, 1.82) is 5.26 Å². The predicted octanol–water partition coefficient (Wildman–Crippen LogP) is 8.55. The van der Waals surface area contributed by atoms with E-state index >= 15 is 0 Å². The van der Waals surface area contributed by atoms with Gasteiger partial charge in [-0.1, -0.05) is 35.3 Å². The molecule has 0 radical (unpaired) electrons. The van der Waals surface area contributed by atoms with Gasteiger partial charge in [0, 0.05) is 61.2 Å². The van der Waals surface area contributed by atoms with Crippen LogP contribution in [0.3, 0.4) is 0 Å². The number of rotatable bonds is 10. The number of nitriles is 1. The van der Waals surface area contributed by atoms with Crippen molar-refractivity contribution in [2.24, 2.45) is 4.99 Å². The zero-order valence-electron chi connectivity index (χ0n) is 26.5. The number of nitrogens with zero attached hydrogens (tertiary/aromatic N) is 4. The lowest BCUT2D eigenvalue weighted by Crippen LogP contribution is -2.55. The fraction of sp³-hybridized carbons (Fsp3) is 0.314. The lowest BCUT2D eigenvalue weighted by atomic mass is 9.85. The molecule has 3 aromatic rings. The largest absolute Gasteiger partial charge is 0.373 e. The van der Waals surface area contributed by atoms with Gasteiger partial charge in [0.25, 0.3) is 5.92 Å². The maximum absolute atomic E-state index is 14.0. The van der Waals surface area contributed by atoms with Crippen LogP contribution in [0.25, 0.3) is 5.70 Å². The second kappa shape index (κ2) is 14.3. The molecule has 3 aromatic carbocycles. The number of hydrazine groups is 2. The summed E-state index contributed by atoms with van der Waals surface area (Å²) >= 11 is 12.8. The third-order valence-corrected chi connectivity index (χ3v) is 9.71. The van der Waals surface area contributed by atoms with E-state index in [-0.39, 0.29) is 40.8 Å². The van der Waals surface area contributed by atoms with Gasteiger partial charge in [-0.3, -0.25) is 14.9 Å². The first kappa shape index (κ1) is 34.6. The Morgan fingerprint density at radius 3 is 2.35 bits per heavy atom. The normalized spacial score (nSPS) is 19.2. The quantitative estimate of drug-likeness (QED) is 0.0952. The van der Waals surface area contributed by atoms with Gasteiger partial charge >= 0.3 is 0 Å². The van der Waals surface area contributed by atoms with E-state index < -0.39 is 17.8 Å². The number of likely N-dealkylation sites (tertiary alicyclic amines) is 1. The van der Waals surface area contributed by atoms with Crippen molar-refractivity contribution in [2.75, 3.05) is 23.7 Å². The van der Waals surface area contributed by atoms with Gasteiger partial charge < -0.3 is 16.1 Å². The molecule has 0 spiro atoms. The molecule has 1 atom stereocenters. The molecule has 4 N–H and O–H groups in total. The zero-order chi connectivity index (χ0) is 34.9. The second-order valence-corrected chi connectivity index (χ2v) is 13.2. The summed E-state index contributed by atoms with van der Waals surface area (Å²) in [6.45, 7) is 6.76. The van der Waals surface area contributed by atoms with Crippen molar-refractivity contribution in [3.05, 3.63) is 105 Å². The van der Waals surface area contributed by atoms with E-state index in [0.29, 0.717) is 33.9 Å². The van der Waals surface area contributed by atoms with Crippen LogP contribution in [0.2, 0.25) is 10.0 Å². The molecule has 0 unspecified atom stereocenters. The van der Waals surface area contributed by atoms with E-state index in [9.17, 15) is 22.8 Å². The number of aliphatic imine (C=N–C) groups is 1. The smallest absolute Gasteiger partial charge is 0.251 e. The fourth-order valence-electron chi connectivity index (χ4n) is 6.44. The Labute approximate surface area is 292 Å². The summed E-state index contributed by atoms with van der Waals surface area (Å²) < 4.78 is 54.8. The van der Waals surface area contributed by atoms with Crippen LogP contribution in [0.5, 0.6) is 0 Å². The average Bonchev–Trinajstić information content (AvgIpc) is 3.57. The summed E-state index contributed by atoms with van der Waals surface area (Å²) in [5.74, 6) is -3.51. The molecule has 0 amide bonds. The summed E-state index contributed by atoms with van der Waals surface area (Å²) in [6, 6.07) is 15.4. The molecule has 3 aliphatic rings. The van der Waals surface area contributed by atoms with Gasteiger partial charge in [0.2, 0.25) is 0 Å². The maximum atomic E-state index is 14.0. The third kappa shape index (κ3) is 7.65. The molecule has 8 nitrogen and oxygen atoms in total. The van der Waals surface area contributed by atoms with Gasteiger partial charge in [-0.15, -0.1) is 5.53 Å². The first-order valence-electron chi connectivity index (χ1n) is 15.7. The van der Waals surface area contributed by atoms with E-state index in [1.165, 1.54) is 30.3 Å². The summed E-state index contributed by atoms with van der Waals surface area (Å²) in [4.78, 5) is 6.30. The first-order valence-corrected chi connectivity index (χ1v) is 16.5. The molecule has 256 valence electrons. The Kier molecular flexibility index (Phi) is 10.1. The van der Waals surface area contributed by atoms with Crippen LogP contribution >= 0.6 is 23.2 Å². The van der Waals surface area contributed by atoms with Crippen molar-refractivity contribution < 1.29 is 17.6 Å². The van der Waals surface area contributed by atoms with Gasteiger partial charge in [-0.25, -0.2) is 17.6 Å². The Morgan fingerprint density at radius 2 is 1.71 bits per heavy atom. The topological polar surface area (TPSA) is 90.8 Å². The number of benzene rings is 3. The van der Waals surface area contributed by atoms with E-state index in [1.807, 2.05) is 11.2 Å². The highest BCUT2D eigenvalue weighted by Crippen LogP contribution is 2.42. The Balaban J connectivity index is 1.28. The van der Waals surface area contributed by atoms with Crippen LogP contribution in [-0.2, 0) is 0 Å². The van der Waals surface area contributed by atoms with Crippen LogP contribution < -0.4 is 21.6 Å². The number of alkyl halides is 2. The Morgan fingerprint density at radius 1 is 1.02 bits per heavy atom. The number of hydrogen-bond acceptors (Lipinski definition) is 8. The average molecular weight is 714 g/mol. The molecule has 1 aliphatic carbocycles. The minimum absolute atomic E-state index is 0.0610. The van der Waals surface area contributed by atoms with E-state index in [2.05, 4.69) is 44.3 Å². The molecule has 1 saturated carbocycles. The standard InChI is InChI=1S/C35H34Cl2F4N8/c1-20(18-42)32(44-23-7-8-30(39)28(36)14-23)27-13-24(15-29(37)34(27)43-2)45-33(21-3-5-22(38)6-4-21)31-19-49(47-46-31)25-9-11-48(12-10-25)26-16-35(40,41)17-26/h3-8,13-15,19,25-26,33,44-47H,2,9-12,16-17H2,1H3/b32-20-/t33-/m0/s1. The number of nitrogens with one attached hydrogen (secondary N) is 4. The van der Waals surface area contributed by atoms with Crippen LogP contribution in [0.1, 0.15) is 49.8 Å². The molecule has 2 aliphatic heterocycles. The van der Waals surface area contributed by atoms with Crippen molar-refractivity contribution in [2.45, 2.75) is 56.7 Å². The lowest BCUT2D eigenvalue weighted by molar-refractivity contribution is -0.129. The van der Waals surface area contributed by atoms with Gasteiger partial charge in [0.15, 0.2) is 0 Å². The third-order valence-electron chi connectivity index (χ3n) is 9.13. The number of halogens is 6. The summed E-state index contributed by atoms with van der Waals surface area (Å²) in [5, 5.41) is 18.7. The minimum Gasteiger partial charge on any atom is -0.373 e. The zero-order valence-corrected chi connectivity index (χ0v) is 28.0. The number of hydrogen-bond donors (Lipinski definition) is 4. The molecule has 0 aromatic heterocycles. The summed E-state index contributed by atoms with van der Waals surface area (Å²) in [6.07, 6.45) is 3.39. The molecule has 2 fully saturated rings. The molecular formula is C35H34Cl2F4N8. The second-order valence-electron chi connectivity index (χ2n) is 12.4. The van der Waals surface area contributed by atoms with E-state index in [4.69, 9.17) is 23.2 Å². The molecule has 6 rings (SSSR count). The van der Waals surface area contributed by atoms with Gasteiger partial charge in [0.05, 0.1) is 44.8 Å². The summed E-state index contributed by atoms with van der Waals surface area (Å²) in [5.41, 5.74) is 10.4. The molecule has 2 heterocycles. The number of anilines is 2. The Hall–Kier alpha value is -4.28. The van der Waals surface area contributed by atoms with Crippen molar-refractivity contribution in [3.8, 4) is 6.07 Å². The summed E-state index contributed by atoms with van der Waals surface area (Å²) in [7, 11) is 0. The minimum atomic E-state index is -2.55. The van der Waals surface area contributed by atoms with Gasteiger partial charge in [-0.2, -0.15) is 5.26 Å². The van der Waals surface area contributed by atoms with Gasteiger partial charge in [-0.05, 0) is 74.5 Å². The van der Waals surface area contributed by atoms with Crippen LogP contribution in [0.15, 0.2) is 77.1 Å². The van der Waals surface area contributed by atoms with Crippen molar-refractivity contribution in [3.63, 3.8) is 0 Å². The molecule has 0 bridgehead atoms. The van der Waals surface area contributed by atoms with Gasteiger partial charge in [0.1, 0.15) is 11.6 Å². The SMILES string of the molecule is C=Nc1c(Cl)cc(N[C@H](C2=CN(C3CCN(C4CC(F)(F)C4)CC3)NN2)c2ccc(F)cc2)cc1/C(Nc1ccc(F)c(Cl)c1)=C(\C)C#N. The molecule has 49 heavy (non-hydrogen) atoms. The fourth-order valence-corrected chi connectivity index (χ4v) is 6.90. The molecule has 1 saturated heterocycles. The van der Waals surface area contributed by atoms with E-state index in [1.54, 1.807) is 31.2 Å². The lowest BCUT2D eigenvalue weighted by Gasteiger charge is -2.46. The highest BCUT2D eigenvalue weighted by atomic mass is 35.5. The van der Waals surface area contributed by atoms with Crippen LogP contribution in [0, 0.1) is 23.0 Å². The first-order chi connectivity index (χ1) is 23.4. The van der Waals surface area contributed by atoms with Crippen LogP contribution in [-0.4, -0.2) is 47.7 Å². The molecular weight excluding hydrogens is 679 g/mol. The van der Waals surface area contributed by atoms with E-state index in [0.717, 1.165) is 37.2 Å². The predicted molar refractivity (Wildman–Crippen MR) is 185 cm³/mol.